The molecule has 5 heteroatoms. The molecule has 4 saturated carbocycles. The van der Waals surface area contributed by atoms with E-state index in [1.165, 1.54) is 38.5 Å². The van der Waals surface area contributed by atoms with E-state index in [-0.39, 0.29) is 36.0 Å². The molecule has 0 aromatic heterocycles. The smallest absolute Gasteiger partial charge is 0.242 e. The lowest BCUT2D eigenvalue weighted by Crippen LogP contribution is -2.52. The van der Waals surface area contributed by atoms with Gasteiger partial charge in [-0.3, -0.25) is 9.59 Å². The van der Waals surface area contributed by atoms with Crippen LogP contribution in [0, 0.1) is 23.2 Å². The van der Waals surface area contributed by atoms with E-state index in [9.17, 15) is 9.59 Å². The molecule has 1 N–H and O–H groups in total. The van der Waals surface area contributed by atoms with Crippen molar-refractivity contribution < 1.29 is 14.3 Å². The summed E-state index contributed by atoms with van der Waals surface area (Å²) in [5, 5.41) is 2.91. The van der Waals surface area contributed by atoms with Gasteiger partial charge in [-0.2, -0.15) is 0 Å². The fourth-order valence-corrected chi connectivity index (χ4v) is 6.58. The number of hydrogen-bond donors (Lipinski definition) is 1. The summed E-state index contributed by atoms with van der Waals surface area (Å²) in [6, 6.07) is 0. The van der Waals surface area contributed by atoms with Crippen molar-refractivity contribution in [3.63, 3.8) is 0 Å². The van der Waals surface area contributed by atoms with Crippen LogP contribution in [0.5, 0.6) is 0 Å². The largest absolute Gasteiger partial charge is 0.372 e. The Morgan fingerprint density at radius 1 is 1.00 bits per heavy atom. The van der Waals surface area contributed by atoms with Crippen LogP contribution in [0.3, 0.4) is 0 Å². The van der Waals surface area contributed by atoms with E-state index in [4.69, 9.17) is 4.74 Å². The summed E-state index contributed by atoms with van der Waals surface area (Å²) in [6.07, 6.45) is 8.65. The molecule has 25 heavy (non-hydrogen) atoms. The third kappa shape index (κ3) is 3.71. The van der Waals surface area contributed by atoms with Crippen molar-refractivity contribution in [2.45, 2.75) is 71.0 Å². The number of nitrogens with one attached hydrogen (secondary N) is 1. The molecule has 4 aliphatic carbocycles. The molecule has 1 heterocycles. The number of ether oxygens (including phenoxy) is 1. The highest BCUT2D eigenvalue weighted by molar-refractivity contribution is 5.85. The first-order valence-electron chi connectivity index (χ1n) is 10.1. The van der Waals surface area contributed by atoms with Gasteiger partial charge in [0.1, 0.15) is 0 Å². The van der Waals surface area contributed by atoms with Crippen LogP contribution in [0.25, 0.3) is 0 Å². The van der Waals surface area contributed by atoms with Gasteiger partial charge in [0.15, 0.2) is 0 Å². The molecule has 2 unspecified atom stereocenters. The van der Waals surface area contributed by atoms with E-state index in [2.05, 4.69) is 5.32 Å². The summed E-state index contributed by atoms with van der Waals surface area (Å²) in [4.78, 5) is 26.8. The zero-order valence-corrected chi connectivity index (χ0v) is 15.6. The SMILES string of the molecule is CC1CN(C(=O)CNC(=O)CC23CC4CC(CC(C4)C2)C3)CC(C)O1. The van der Waals surface area contributed by atoms with Crippen LogP contribution in [0.1, 0.15) is 58.8 Å². The zero-order valence-electron chi connectivity index (χ0n) is 15.6. The second-order valence-corrected chi connectivity index (χ2v) is 9.43. The number of hydrogen-bond acceptors (Lipinski definition) is 3. The lowest BCUT2D eigenvalue weighted by atomic mass is 9.49. The van der Waals surface area contributed by atoms with Crippen molar-refractivity contribution in [2.24, 2.45) is 23.2 Å². The Balaban J connectivity index is 1.27. The van der Waals surface area contributed by atoms with Gasteiger partial charge in [0, 0.05) is 19.5 Å². The first-order valence-corrected chi connectivity index (χ1v) is 10.1. The van der Waals surface area contributed by atoms with Gasteiger partial charge in [-0.05, 0) is 75.5 Å². The van der Waals surface area contributed by atoms with Crippen LogP contribution in [0.2, 0.25) is 0 Å². The lowest BCUT2D eigenvalue weighted by Gasteiger charge is -2.56. The third-order valence-electron chi connectivity index (χ3n) is 6.91. The van der Waals surface area contributed by atoms with Crippen molar-refractivity contribution >= 4 is 11.8 Å². The summed E-state index contributed by atoms with van der Waals surface area (Å²) in [6.45, 7) is 5.34. The Morgan fingerprint density at radius 3 is 2.04 bits per heavy atom. The number of nitrogens with zero attached hydrogens (tertiary/aromatic N) is 1. The maximum absolute atomic E-state index is 12.5. The minimum absolute atomic E-state index is 0.0147. The van der Waals surface area contributed by atoms with Crippen LogP contribution in [-0.4, -0.2) is 48.6 Å². The molecule has 2 amide bonds. The molecule has 5 aliphatic rings. The van der Waals surface area contributed by atoms with Gasteiger partial charge in [-0.25, -0.2) is 0 Å². The van der Waals surface area contributed by atoms with Crippen LogP contribution in [0.15, 0.2) is 0 Å². The van der Waals surface area contributed by atoms with Crippen molar-refractivity contribution in [3.8, 4) is 0 Å². The first kappa shape index (κ1) is 17.3. The molecule has 5 nitrogen and oxygen atoms in total. The van der Waals surface area contributed by atoms with E-state index in [0.29, 0.717) is 19.5 Å². The molecule has 0 radical (unpaired) electrons. The minimum Gasteiger partial charge on any atom is -0.372 e. The molecule has 2 atom stereocenters. The molecule has 4 bridgehead atoms. The van der Waals surface area contributed by atoms with Crippen LogP contribution >= 0.6 is 0 Å². The van der Waals surface area contributed by atoms with Crippen LogP contribution in [-0.2, 0) is 14.3 Å². The second kappa shape index (κ2) is 6.57. The zero-order chi connectivity index (χ0) is 17.6. The van der Waals surface area contributed by atoms with Crippen molar-refractivity contribution in [3.05, 3.63) is 0 Å². The van der Waals surface area contributed by atoms with Gasteiger partial charge >= 0.3 is 0 Å². The second-order valence-electron chi connectivity index (χ2n) is 9.43. The number of amides is 2. The van der Waals surface area contributed by atoms with E-state index < -0.39 is 0 Å². The van der Waals surface area contributed by atoms with Gasteiger partial charge in [0.2, 0.25) is 11.8 Å². The monoisotopic (exact) mass is 348 g/mol. The summed E-state index contributed by atoms with van der Waals surface area (Å²) in [5.41, 5.74) is 0.240. The Bertz CT molecular complexity index is 502. The van der Waals surface area contributed by atoms with E-state index in [1.54, 1.807) is 0 Å². The average Bonchev–Trinajstić information content (AvgIpc) is 2.49. The minimum atomic E-state index is 0.0147. The highest BCUT2D eigenvalue weighted by atomic mass is 16.5. The molecule has 0 aromatic rings. The maximum Gasteiger partial charge on any atom is 0.242 e. The molecule has 0 spiro atoms. The Morgan fingerprint density at radius 2 is 1.52 bits per heavy atom. The highest BCUT2D eigenvalue weighted by Gasteiger charge is 2.51. The molecular formula is C20H32N2O3. The summed E-state index contributed by atoms with van der Waals surface area (Å²) in [5.74, 6) is 2.66. The fourth-order valence-electron chi connectivity index (χ4n) is 6.58. The average molecular weight is 348 g/mol. The summed E-state index contributed by atoms with van der Waals surface area (Å²) in [7, 11) is 0. The maximum atomic E-state index is 12.5. The van der Waals surface area contributed by atoms with Crippen molar-refractivity contribution in [1.82, 2.24) is 10.2 Å². The predicted molar refractivity (Wildman–Crippen MR) is 94.8 cm³/mol. The molecule has 5 fully saturated rings. The molecule has 0 aromatic carbocycles. The summed E-state index contributed by atoms with van der Waals surface area (Å²) >= 11 is 0. The molecule has 1 saturated heterocycles. The number of rotatable bonds is 4. The van der Waals surface area contributed by atoms with Gasteiger partial charge in [0.25, 0.3) is 0 Å². The lowest BCUT2D eigenvalue weighted by molar-refractivity contribution is -0.144. The standard InChI is InChI=1S/C20H32N2O3/c1-13-11-22(12-14(2)25-13)19(24)10-21-18(23)9-20-6-15-3-16(7-20)5-17(4-15)8-20/h13-17H,3-12H2,1-2H3,(H,21,23). The van der Waals surface area contributed by atoms with Crippen LogP contribution < -0.4 is 5.32 Å². The van der Waals surface area contributed by atoms with Crippen molar-refractivity contribution in [1.29, 1.82) is 0 Å². The molecule has 1 aliphatic heterocycles. The van der Waals surface area contributed by atoms with E-state index >= 15 is 0 Å². The van der Waals surface area contributed by atoms with Gasteiger partial charge in [-0.15, -0.1) is 0 Å². The van der Waals surface area contributed by atoms with Gasteiger partial charge in [0.05, 0.1) is 18.8 Å². The highest BCUT2D eigenvalue weighted by Crippen LogP contribution is 2.61. The van der Waals surface area contributed by atoms with Crippen LogP contribution in [0.4, 0.5) is 0 Å². The number of morpholine rings is 1. The molecule has 5 rings (SSSR count). The molecular weight excluding hydrogens is 316 g/mol. The topological polar surface area (TPSA) is 58.6 Å². The van der Waals surface area contributed by atoms with Gasteiger partial charge in [-0.1, -0.05) is 0 Å². The van der Waals surface area contributed by atoms with E-state index in [1.807, 2.05) is 18.7 Å². The Hall–Kier alpha value is -1.10. The molecule has 140 valence electrons. The van der Waals surface area contributed by atoms with Gasteiger partial charge < -0.3 is 15.0 Å². The van der Waals surface area contributed by atoms with Crippen molar-refractivity contribution in [2.75, 3.05) is 19.6 Å². The normalized spacial score (nSPS) is 42.5. The fraction of sp³-hybridized carbons (Fsp3) is 0.900. The number of carbonyl (C=O) groups excluding carboxylic acids is 2. The number of carbonyl (C=O) groups is 2. The Labute approximate surface area is 150 Å². The third-order valence-corrected chi connectivity index (χ3v) is 6.91. The first-order chi connectivity index (χ1) is 11.9. The Kier molecular flexibility index (Phi) is 4.55. The van der Waals surface area contributed by atoms with E-state index in [0.717, 1.165) is 17.8 Å². The predicted octanol–water partition coefficient (Wildman–Crippen LogP) is 2.34. The summed E-state index contributed by atoms with van der Waals surface area (Å²) < 4.78 is 5.67. The quantitative estimate of drug-likeness (QED) is 0.848.